The van der Waals surface area contributed by atoms with Gasteiger partial charge in [0.25, 0.3) is 0 Å². The lowest BCUT2D eigenvalue weighted by Crippen LogP contribution is -2.52. The summed E-state index contributed by atoms with van der Waals surface area (Å²) in [6.07, 6.45) is 0.986. The van der Waals surface area contributed by atoms with E-state index in [0.717, 1.165) is 13.0 Å². The van der Waals surface area contributed by atoms with Crippen LogP contribution in [-0.4, -0.2) is 54.9 Å². The number of hydrogen-bond acceptors (Lipinski definition) is 4. The second-order valence-electron chi connectivity index (χ2n) is 6.70. The molecule has 7 heteroatoms. The maximum absolute atomic E-state index is 13.1. The summed E-state index contributed by atoms with van der Waals surface area (Å²) in [5.74, 6) is -1.13. The number of hydrogen-bond donors (Lipinski definition) is 1. The van der Waals surface area contributed by atoms with E-state index in [2.05, 4.69) is 17.0 Å². The summed E-state index contributed by atoms with van der Waals surface area (Å²) in [5.41, 5.74) is 2.45. The summed E-state index contributed by atoms with van der Waals surface area (Å²) in [5, 5.41) is 9.13. The van der Waals surface area contributed by atoms with E-state index in [1.54, 1.807) is 0 Å². The van der Waals surface area contributed by atoms with Gasteiger partial charge in [-0.15, -0.1) is 0 Å². The highest BCUT2D eigenvalue weighted by molar-refractivity contribution is 7.89. The quantitative estimate of drug-likeness (QED) is 0.892. The van der Waals surface area contributed by atoms with Crippen LogP contribution < -0.4 is 0 Å². The molecule has 0 bridgehead atoms. The second-order valence-corrected chi connectivity index (χ2v) is 8.63. The molecule has 1 unspecified atom stereocenters. The van der Waals surface area contributed by atoms with E-state index < -0.39 is 16.0 Å². The first-order chi connectivity index (χ1) is 12.5. The number of nitrogens with zero attached hydrogens (tertiary/aromatic N) is 2. The Balaban J connectivity index is 1.65. The Bertz CT molecular complexity index is 958. The van der Waals surface area contributed by atoms with Gasteiger partial charge in [-0.05, 0) is 35.7 Å². The first-order valence-electron chi connectivity index (χ1n) is 8.62. The molecular formula is C19H20N2O4S. The highest BCUT2D eigenvalue weighted by Gasteiger charge is 2.37. The van der Waals surface area contributed by atoms with Crippen molar-refractivity contribution in [2.75, 3.05) is 26.2 Å². The molecule has 136 valence electrons. The van der Waals surface area contributed by atoms with Crippen LogP contribution >= 0.6 is 0 Å². The van der Waals surface area contributed by atoms with Crippen LogP contribution in [0, 0.1) is 0 Å². The third-order valence-corrected chi connectivity index (χ3v) is 7.12. The molecule has 1 atom stereocenters. The van der Waals surface area contributed by atoms with Gasteiger partial charge >= 0.3 is 5.97 Å². The van der Waals surface area contributed by atoms with E-state index in [1.165, 1.54) is 39.7 Å². The minimum Gasteiger partial charge on any atom is -0.478 e. The van der Waals surface area contributed by atoms with Gasteiger partial charge in [-0.2, -0.15) is 4.31 Å². The molecule has 2 aliphatic rings. The van der Waals surface area contributed by atoms with Crippen molar-refractivity contribution in [1.82, 2.24) is 9.21 Å². The third kappa shape index (κ3) is 2.92. The molecule has 2 heterocycles. The van der Waals surface area contributed by atoms with Gasteiger partial charge in [-0.25, -0.2) is 13.2 Å². The summed E-state index contributed by atoms with van der Waals surface area (Å²) in [7, 11) is -3.73. The Morgan fingerprint density at radius 1 is 1.04 bits per heavy atom. The molecule has 0 aromatic heterocycles. The first kappa shape index (κ1) is 17.2. The topological polar surface area (TPSA) is 77.9 Å². The minimum absolute atomic E-state index is 0.0206. The van der Waals surface area contributed by atoms with Gasteiger partial charge in [0.15, 0.2) is 0 Å². The number of sulfonamides is 1. The van der Waals surface area contributed by atoms with Crippen molar-refractivity contribution in [3.05, 3.63) is 65.2 Å². The van der Waals surface area contributed by atoms with Crippen molar-refractivity contribution in [2.45, 2.75) is 17.4 Å². The average molecular weight is 372 g/mol. The van der Waals surface area contributed by atoms with Crippen LogP contribution in [0.5, 0.6) is 0 Å². The number of fused-ring (bicyclic) bond motifs is 3. The van der Waals surface area contributed by atoms with Crippen molar-refractivity contribution in [2.24, 2.45) is 0 Å². The number of rotatable bonds is 3. The summed E-state index contributed by atoms with van der Waals surface area (Å²) in [4.78, 5) is 13.5. The normalized spacial score (nSPS) is 21.0. The Labute approximate surface area is 152 Å². The second kappa shape index (κ2) is 6.50. The molecule has 0 radical (unpaired) electrons. The van der Waals surface area contributed by atoms with E-state index in [4.69, 9.17) is 5.11 Å². The number of carboxylic acids is 1. The maximum Gasteiger partial charge on any atom is 0.335 e. The Hall–Kier alpha value is -2.22. The van der Waals surface area contributed by atoms with Crippen LogP contribution in [0.2, 0.25) is 0 Å². The van der Waals surface area contributed by atoms with Crippen LogP contribution in [0.15, 0.2) is 53.4 Å². The van der Waals surface area contributed by atoms with E-state index in [9.17, 15) is 13.2 Å². The van der Waals surface area contributed by atoms with Crippen molar-refractivity contribution in [3.63, 3.8) is 0 Å². The van der Waals surface area contributed by atoms with E-state index in [0.29, 0.717) is 19.6 Å². The maximum atomic E-state index is 13.1. The molecule has 4 rings (SSSR count). The van der Waals surface area contributed by atoms with E-state index in [-0.39, 0.29) is 16.5 Å². The lowest BCUT2D eigenvalue weighted by atomic mass is 9.91. The smallest absolute Gasteiger partial charge is 0.335 e. The molecule has 2 aromatic rings. The zero-order valence-corrected chi connectivity index (χ0v) is 15.0. The molecule has 1 fully saturated rings. The fourth-order valence-electron chi connectivity index (χ4n) is 3.87. The highest BCUT2D eigenvalue weighted by Crippen LogP contribution is 2.34. The molecule has 6 nitrogen and oxygen atoms in total. The standard InChI is InChI=1S/C19H20N2O4S/c22-19(23)15-5-3-6-16(12-15)26(24,25)21-11-10-20-9-8-14-4-1-2-7-17(14)18(20)13-21/h1-7,12,18H,8-11,13H2,(H,22,23). The van der Waals surface area contributed by atoms with Gasteiger partial charge in [0, 0.05) is 32.2 Å². The molecule has 26 heavy (non-hydrogen) atoms. The zero-order valence-electron chi connectivity index (χ0n) is 14.2. The lowest BCUT2D eigenvalue weighted by Gasteiger charge is -2.44. The fourth-order valence-corrected chi connectivity index (χ4v) is 5.35. The molecular weight excluding hydrogens is 352 g/mol. The van der Waals surface area contributed by atoms with Crippen LogP contribution in [0.25, 0.3) is 0 Å². The van der Waals surface area contributed by atoms with Gasteiger partial charge < -0.3 is 5.11 Å². The van der Waals surface area contributed by atoms with Crippen molar-refractivity contribution in [3.8, 4) is 0 Å². The predicted molar refractivity (Wildman–Crippen MR) is 96.6 cm³/mol. The molecule has 0 saturated carbocycles. The molecule has 0 spiro atoms. The number of benzene rings is 2. The Morgan fingerprint density at radius 3 is 2.65 bits per heavy atom. The van der Waals surface area contributed by atoms with Crippen molar-refractivity contribution >= 4 is 16.0 Å². The summed E-state index contributed by atoms with van der Waals surface area (Å²) < 4.78 is 27.6. The molecule has 0 amide bonds. The largest absolute Gasteiger partial charge is 0.478 e. The third-order valence-electron chi connectivity index (χ3n) is 5.26. The van der Waals surface area contributed by atoms with E-state index in [1.807, 2.05) is 12.1 Å². The first-order valence-corrected chi connectivity index (χ1v) is 10.1. The monoisotopic (exact) mass is 372 g/mol. The van der Waals surface area contributed by atoms with Crippen LogP contribution in [0.4, 0.5) is 0 Å². The predicted octanol–water partition coefficient (Wildman–Crippen LogP) is 1.99. The minimum atomic E-state index is -3.73. The molecule has 2 aliphatic heterocycles. The summed E-state index contributed by atoms with van der Waals surface area (Å²) in [6, 6.07) is 13.8. The Morgan fingerprint density at radius 2 is 1.85 bits per heavy atom. The summed E-state index contributed by atoms with van der Waals surface area (Å²) >= 11 is 0. The van der Waals surface area contributed by atoms with Crippen molar-refractivity contribution < 1.29 is 18.3 Å². The van der Waals surface area contributed by atoms with Crippen LogP contribution in [0.1, 0.15) is 27.5 Å². The van der Waals surface area contributed by atoms with Gasteiger partial charge in [0.2, 0.25) is 10.0 Å². The number of aromatic carboxylic acids is 1. The zero-order chi connectivity index (χ0) is 18.3. The van der Waals surface area contributed by atoms with Crippen LogP contribution in [0.3, 0.4) is 0 Å². The van der Waals surface area contributed by atoms with E-state index >= 15 is 0 Å². The molecule has 2 aromatic carbocycles. The van der Waals surface area contributed by atoms with Gasteiger partial charge in [-0.3, -0.25) is 4.90 Å². The van der Waals surface area contributed by atoms with Gasteiger partial charge in [-0.1, -0.05) is 30.3 Å². The average Bonchev–Trinajstić information content (AvgIpc) is 2.67. The number of carbonyl (C=O) groups is 1. The number of piperazine rings is 1. The Kier molecular flexibility index (Phi) is 4.30. The SMILES string of the molecule is O=C(O)c1cccc(S(=O)(=O)N2CCN3CCc4ccccc4C3C2)c1. The molecule has 1 saturated heterocycles. The lowest BCUT2D eigenvalue weighted by molar-refractivity contribution is 0.0696. The fraction of sp³-hybridized carbons (Fsp3) is 0.316. The van der Waals surface area contributed by atoms with Crippen molar-refractivity contribution in [1.29, 1.82) is 0 Å². The van der Waals surface area contributed by atoms with Gasteiger partial charge in [0.05, 0.1) is 10.5 Å². The van der Waals surface area contributed by atoms with Crippen LogP contribution in [-0.2, 0) is 16.4 Å². The van der Waals surface area contributed by atoms with Gasteiger partial charge in [0.1, 0.15) is 0 Å². The summed E-state index contributed by atoms with van der Waals surface area (Å²) in [6.45, 7) is 2.41. The molecule has 0 aliphatic carbocycles. The highest BCUT2D eigenvalue weighted by atomic mass is 32.2. The molecule has 1 N–H and O–H groups in total. The number of carboxylic acid groups (broad SMARTS) is 1.